The van der Waals surface area contributed by atoms with Gasteiger partial charge < -0.3 is 4.42 Å². The minimum absolute atomic E-state index is 0.238. The van der Waals surface area contributed by atoms with Crippen molar-refractivity contribution < 1.29 is 9.34 Å². The van der Waals surface area contributed by atoms with Crippen LogP contribution in [0, 0.1) is 14.9 Å². The Morgan fingerprint density at radius 3 is 2.88 bits per heavy atom. The third-order valence-electron chi connectivity index (χ3n) is 3.10. The maximum atomic E-state index is 10.6. The van der Waals surface area contributed by atoms with Gasteiger partial charge in [-0.15, -0.1) is 0 Å². The number of furan rings is 1. The molecule has 0 bridgehead atoms. The first-order chi connectivity index (χ1) is 11.5. The van der Waals surface area contributed by atoms with Crippen molar-refractivity contribution in [2.75, 3.05) is 0 Å². The largest absolute Gasteiger partial charge is 0.433 e. The van der Waals surface area contributed by atoms with Crippen LogP contribution in [-0.2, 0) is 6.54 Å². The summed E-state index contributed by atoms with van der Waals surface area (Å²) in [7, 11) is 0. The lowest BCUT2D eigenvalue weighted by atomic mass is 10.2. The molecule has 24 heavy (non-hydrogen) atoms. The second-order valence-corrected chi connectivity index (χ2v) is 5.46. The molecule has 0 amide bonds. The van der Waals surface area contributed by atoms with E-state index in [-0.39, 0.29) is 11.6 Å². The number of nitrogens with zero attached hydrogens (tertiary/aromatic N) is 5. The zero-order valence-electron chi connectivity index (χ0n) is 12.1. The Morgan fingerprint density at radius 2 is 2.17 bits per heavy atom. The average molecular weight is 364 g/mol. The molecule has 10 heteroatoms. The van der Waals surface area contributed by atoms with E-state index in [1.54, 1.807) is 10.7 Å². The summed E-state index contributed by atoms with van der Waals surface area (Å²) >= 11 is 11.4. The summed E-state index contributed by atoms with van der Waals surface area (Å²) in [6.07, 6.45) is 2.76. The average Bonchev–Trinajstić information content (AvgIpc) is 3.16. The fourth-order valence-corrected chi connectivity index (χ4v) is 2.33. The Labute approximate surface area is 145 Å². The lowest BCUT2D eigenvalue weighted by Gasteiger charge is -2.03. The molecule has 3 rings (SSSR count). The molecule has 2 aromatic heterocycles. The van der Waals surface area contributed by atoms with Crippen molar-refractivity contribution in [1.82, 2.24) is 14.5 Å². The maximum Gasteiger partial charge on any atom is 0.433 e. The summed E-state index contributed by atoms with van der Waals surface area (Å²) < 4.78 is 8.27. The molecule has 0 atom stereocenters. The van der Waals surface area contributed by atoms with E-state index < -0.39 is 4.92 Å². The molecule has 0 saturated heterocycles. The van der Waals surface area contributed by atoms with Crippen LogP contribution in [0.15, 0.2) is 52.2 Å². The van der Waals surface area contributed by atoms with E-state index in [0.717, 1.165) is 5.56 Å². The van der Waals surface area contributed by atoms with Crippen LogP contribution in [0.4, 0.5) is 5.88 Å². The van der Waals surface area contributed by atoms with Crippen LogP contribution in [-0.4, -0.2) is 25.6 Å². The van der Waals surface area contributed by atoms with Crippen LogP contribution in [0.3, 0.4) is 0 Å². The molecule has 3 aromatic rings. The molecule has 1 aromatic carbocycles. The molecule has 0 saturated carbocycles. The van der Waals surface area contributed by atoms with E-state index in [1.165, 1.54) is 29.4 Å². The fourth-order valence-electron chi connectivity index (χ4n) is 1.93. The molecular weight excluding hydrogens is 354 g/mol. The quantitative estimate of drug-likeness (QED) is 0.299. The maximum absolute atomic E-state index is 10.6. The second kappa shape index (κ2) is 6.77. The van der Waals surface area contributed by atoms with Crippen LogP contribution in [0.25, 0.3) is 0 Å². The van der Waals surface area contributed by atoms with E-state index in [2.05, 4.69) is 10.2 Å². The minimum atomic E-state index is -0.620. The van der Waals surface area contributed by atoms with Gasteiger partial charge in [-0.3, -0.25) is 10.1 Å². The van der Waals surface area contributed by atoms with Crippen molar-refractivity contribution in [3.05, 3.63) is 74.0 Å². The number of benzene rings is 1. The molecule has 0 fully saturated rings. The van der Waals surface area contributed by atoms with Gasteiger partial charge in [-0.2, -0.15) is 14.9 Å². The van der Waals surface area contributed by atoms with E-state index in [9.17, 15) is 10.1 Å². The van der Waals surface area contributed by atoms with E-state index in [0.29, 0.717) is 16.3 Å². The third kappa shape index (κ3) is 3.42. The topological polar surface area (TPSA) is 91.4 Å². The Kier molecular flexibility index (Phi) is 4.54. The number of hydrogen-bond donors (Lipinski definition) is 0. The van der Waals surface area contributed by atoms with Gasteiger partial charge in [-0.25, -0.2) is 4.68 Å². The van der Waals surface area contributed by atoms with Crippen molar-refractivity contribution in [3.8, 4) is 0 Å². The number of aromatic nitrogens is 3. The molecule has 122 valence electrons. The van der Waals surface area contributed by atoms with Crippen LogP contribution in [0.2, 0.25) is 5.02 Å². The van der Waals surface area contributed by atoms with Crippen LogP contribution in [0.1, 0.15) is 11.3 Å². The molecule has 0 N–H and O–H groups in total. The molecule has 0 radical (unpaired) electrons. The Hall–Kier alpha value is -2.78. The predicted octanol–water partition coefficient (Wildman–Crippen LogP) is 3.50. The summed E-state index contributed by atoms with van der Waals surface area (Å²) in [5.74, 6) is -0.114. The molecule has 0 unspecified atom stereocenters. The van der Waals surface area contributed by atoms with Gasteiger partial charge in [0.1, 0.15) is 11.3 Å². The van der Waals surface area contributed by atoms with Crippen LogP contribution in [0.5, 0.6) is 0 Å². The van der Waals surface area contributed by atoms with Gasteiger partial charge >= 0.3 is 5.88 Å². The SMILES string of the molecule is O=[N+]([O-])c1ccc(C=Nn2cnn(Cc3ccccc3Cl)c2=S)o1. The standard InChI is InChI=1S/C14H10ClN5O3S/c15-12-4-2-1-3-10(12)8-18-14(24)19(9-17-18)16-7-11-5-6-13(23-11)20(21)22/h1-7,9H,8H2. The third-order valence-corrected chi connectivity index (χ3v) is 3.86. The molecular formula is C14H10ClN5O3S. The Bertz CT molecular complexity index is 975. The minimum Gasteiger partial charge on any atom is -0.400 e. The number of hydrogen-bond acceptors (Lipinski definition) is 6. The van der Waals surface area contributed by atoms with Crippen LogP contribution >= 0.6 is 23.8 Å². The normalized spacial score (nSPS) is 11.2. The summed E-state index contributed by atoms with van der Waals surface area (Å²) in [4.78, 5) is 9.95. The smallest absolute Gasteiger partial charge is 0.400 e. The highest BCUT2D eigenvalue weighted by Gasteiger charge is 2.10. The van der Waals surface area contributed by atoms with Gasteiger partial charge in [0.05, 0.1) is 18.8 Å². The first kappa shape index (κ1) is 16.1. The van der Waals surface area contributed by atoms with Gasteiger partial charge in [-0.1, -0.05) is 29.8 Å². The first-order valence-electron chi connectivity index (χ1n) is 6.71. The van der Waals surface area contributed by atoms with Crippen LogP contribution < -0.4 is 0 Å². The zero-order chi connectivity index (χ0) is 17.1. The van der Waals surface area contributed by atoms with Gasteiger partial charge in [-0.05, 0) is 29.9 Å². The fraction of sp³-hybridized carbons (Fsp3) is 0.0714. The van der Waals surface area contributed by atoms with E-state index in [4.69, 9.17) is 28.2 Å². The van der Waals surface area contributed by atoms with Crippen molar-refractivity contribution >= 4 is 35.9 Å². The molecule has 0 spiro atoms. The Morgan fingerprint density at radius 1 is 1.38 bits per heavy atom. The lowest BCUT2D eigenvalue weighted by molar-refractivity contribution is -0.402. The van der Waals surface area contributed by atoms with Crippen molar-refractivity contribution in [3.63, 3.8) is 0 Å². The lowest BCUT2D eigenvalue weighted by Crippen LogP contribution is -2.03. The second-order valence-electron chi connectivity index (χ2n) is 4.68. The summed E-state index contributed by atoms with van der Waals surface area (Å²) in [5.41, 5.74) is 0.881. The van der Waals surface area contributed by atoms with Gasteiger partial charge in [0, 0.05) is 5.02 Å². The monoisotopic (exact) mass is 363 g/mol. The summed E-state index contributed by atoms with van der Waals surface area (Å²) in [5, 5.41) is 19.4. The summed E-state index contributed by atoms with van der Waals surface area (Å²) in [6, 6.07) is 10.1. The van der Waals surface area contributed by atoms with Crippen molar-refractivity contribution in [2.24, 2.45) is 5.10 Å². The molecule has 0 aliphatic carbocycles. The van der Waals surface area contributed by atoms with Crippen molar-refractivity contribution in [2.45, 2.75) is 6.54 Å². The number of rotatable bonds is 5. The van der Waals surface area contributed by atoms with Gasteiger partial charge in [0.25, 0.3) is 0 Å². The molecule has 0 aliphatic heterocycles. The van der Waals surface area contributed by atoms with Gasteiger partial charge in [0.2, 0.25) is 4.77 Å². The highest BCUT2D eigenvalue weighted by Crippen LogP contribution is 2.16. The molecule has 2 heterocycles. The first-order valence-corrected chi connectivity index (χ1v) is 7.49. The van der Waals surface area contributed by atoms with Crippen molar-refractivity contribution in [1.29, 1.82) is 0 Å². The number of halogens is 1. The number of nitro groups is 1. The Balaban J connectivity index is 1.79. The predicted molar refractivity (Wildman–Crippen MR) is 90.0 cm³/mol. The van der Waals surface area contributed by atoms with Gasteiger partial charge in [0.15, 0.2) is 5.76 Å². The van der Waals surface area contributed by atoms with E-state index >= 15 is 0 Å². The highest BCUT2D eigenvalue weighted by molar-refractivity contribution is 7.71. The molecule has 8 nitrogen and oxygen atoms in total. The molecule has 0 aliphatic rings. The van der Waals surface area contributed by atoms with E-state index in [1.807, 2.05) is 18.2 Å². The summed E-state index contributed by atoms with van der Waals surface area (Å²) in [6.45, 7) is 0.410. The highest BCUT2D eigenvalue weighted by atomic mass is 35.5. The zero-order valence-corrected chi connectivity index (χ0v) is 13.6.